The van der Waals surface area contributed by atoms with Crippen molar-refractivity contribution < 1.29 is 13.2 Å². The van der Waals surface area contributed by atoms with Crippen LogP contribution in [0.15, 0.2) is 59.5 Å². The first-order chi connectivity index (χ1) is 14.4. The van der Waals surface area contributed by atoms with E-state index in [1.54, 1.807) is 10.4 Å². The maximum Gasteiger partial charge on any atom is 0.266 e. The fourth-order valence-corrected chi connectivity index (χ4v) is 6.22. The van der Waals surface area contributed by atoms with Gasteiger partial charge in [0, 0.05) is 13.2 Å². The van der Waals surface area contributed by atoms with E-state index < -0.39 is 10.0 Å². The molecule has 0 spiro atoms. The maximum absolute atomic E-state index is 13.7. The lowest BCUT2D eigenvalue weighted by molar-refractivity contribution is 0.116. The van der Waals surface area contributed by atoms with E-state index in [0.29, 0.717) is 18.1 Å². The van der Waals surface area contributed by atoms with Gasteiger partial charge < -0.3 is 9.64 Å². The summed E-state index contributed by atoms with van der Waals surface area (Å²) in [5, 5.41) is 2.15. The monoisotopic (exact) mass is 422 g/mol. The van der Waals surface area contributed by atoms with Crippen LogP contribution in [0.3, 0.4) is 0 Å². The molecule has 0 amide bonds. The largest absolute Gasteiger partial charge is 0.376 e. The van der Waals surface area contributed by atoms with Crippen LogP contribution < -0.4 is 9.21 Å². The van der Waals surface area contributed by atoms with Gasteiger partial charge in [0.2, 0.25) is 0 Å². The Morgan fingerprint density at radius 2 is 1.73 bits per heavy atom. The number of hydrogen-bond acceptors (Lipinski definition) is 4. The highest BCUT2D eigenvalue weighted by Gasteiger charge is 2.37. The Balaban J connectivity index is 1.62. The van der Waals surface area contributed by atoms with Crippen LogP contribution in [-0.2, 0) is 14.8 Å². The fraction of sp³-hybridized carbons (Fsp3) is 0.333. The standard InChI is InChI=1S/C24H26N2O3S/c1-17-9-10-24(18(2)12-17)30(27,28)26-16-25(15-21-8-5-11-29-21)22-13-19-6-3-4-7-20(19)14-23(22)26/h3-4,6-7,9-10,12-14,21H,5,8,11,15-16H2,1-2H3. The Labute approximate surface area is 177 Å². The molecule has 156 valence electrons. The van der Waals surface area contributed by atoms with Gasteiger partial charge in [-0.05, 0) is 61.2 Å². The molecule has 5 rings (SSSR count). The minimum absolute atomic E-state index is 0.146. The first-order valence-corrected chi connectivity index (χ1v) is 11.9. The predicted octanol–water partition coefficient (Wildman–Crippen LogP) is 4.61. The lowest BCUT2D eigenvalue weighted by atomic mass is 10.1. The van der Waals surface area contributed by atoms with Gasteiger partial charge in [-0.25, -0.2) is 12.7 Å². The molecule has 0 aliphatic carbocycles. The lowest BCUT2D eigenvalue weighted by Gasteiger charge is -2.24. The summed E-state index contributed by atoms with van der Waals surface area (Å²) in [6.07, 6.45) is 2.23. The zero-order valence-electron chi connectivity index (χ0n) is 17.3. The number of hydrogen-bond donors (Lipinski definition) is 0. The molecule has 0 radical (unpaired) electrons. The van der Waals surface area contributed by atoms with Crippen molar-refractivity contribution >= 4 is 32.2 Å². The van der Waals surface area contributed by atoms with E-state index in [2.05, 4.69) is 17.0 Å². The highest BCUT2D eigenvalue weighted by atomic mass is 32.2. The smallest absolute Gasteiger partial charge is 0.266 e. The molecule has 2 heterocycles. The Bertz CT molecular complexity index is 1220. The van der Waals surface area contributed by atoms with Crippen LogP contribution in [0.1, 0.15) is 24.0 Å². The molecule has 3 aromatic rings. The highest BCUT2D eigenvalue weighted by Crippen LogP contribution is 2.42. The quantitative estimate of drug-likeness (QED) is 0.616. The summed E-state index contributed by atoms with van der Waals surface area (Å²) in [5.41, 5.74) is 3.53. The van der Waals surface area contributed by atoms with Crippen molar-refractivity contribution in [1.29, 1.82) is 0 Å². The number of nitrogens with zero attached hydrogens (tertiary/aromatic N) is 2. The van der Waals surface area contributed by atoms with E-state index in [0.717, 1.165) is 52.7 Å². The molecule has 0 N–H and O–H groups in total. The highest BCUT2D eigenvalue weighted by molar-refractivity contribution is 7.93. The molecule has 2 aliphatic heterocycles. The predicted molar refractivity (Wildman–Crippen MR) is 121 cm³/mol. The van der Waals surface area contributed by atoms with Crippen molar-refractivity contribution in [3.63, 3.8) is 0 Å². The molecule has 3 aromatic carbocycles. The average molecular weight is 423 g/mol. The van der Waals surface area contributed by atoms with Gasteiger partial charge in [-0.2, -0.15) is 0 Å². The van der Waals surface area contributed by atoms with Crippen LogP contribution in [-0.4, -0.2) is 34.3 Å². The first-order valence-electron chi connectivity index (χ1n) is 10.4. The molecular weight excluding hydrogens is 396 g/mol. The molecule has 1 saturated heterocycles. The van der Waals surface area contributed by atoms with Crippen LogP contribution in [0, 0.1) is 13.8 Å². The van der Waals surface area contributed by atoms with Crippen molar-refractivity contribution in [2.75, 3.05) is 29.0 Å². The number of aryl methyl sites for hydroxylation is 2. The number of rotatable bonds is 4. The molecule has 0 saturated carbocycles. The van der Waals surface area contributed by atoms with Crippen molar-refractivity contribution in [1.82, 2.24) is 0 Å². The second-order valence-electron chi connectivity index (χ2n) is 8.31. The molecule has 1 unspecified atom stereocenters. The van der Waals surface area contributed by atoms with Gasteiger partial charge in [0.25, 0.3) is 10.0 Å². The van der Waals surface area contributed by atoms with Crippen LogP contribution >= 0.6 is 0 Å². The topological polar surface area (TPSA) is 49.9 Å². The van der Waals surface area contributed by atoms with Gasteiger partial charge in [-0.15, -0.1) is 0 Å². The van der Waals surface area contributed by atoms with Crippen LogP contribution in [0.5, 0.6) is 0 Å². The summed E-state index contributed by atoms with van der Waals surface area (Å²) < 4.78 is 34.8. The minimum atomic E-state index is -3.68. The summed E-state index contributed by atoms with van der Waals surface area (Å²) >= 11 is 0. The van der Waals surface area contributed by atoms with E-state index >= 15 is 0 Å². The Morgan fingerprint density at radius 1 is 1.00 bits per heavy atom. The second kappa shape index (κ2) is 7.29. The Morgan fingerprint density at radius 3 is 2.40 bits per heavy atom. The van der Waals surface area contributed by atoms with Gasteiger partial charge in [0.05, 0.1) is 22.4 Å². The number of fused-ring (bicyclic) bond motifs is 2. The molecule has 6 heteroatoms. The van der Waals surface area contributed by atoms with E-state index in [4.69, 9.17) is 4.74 Å². The Hall–Kier alpha value is -2.57. The zero-order valence-corrected chi connectivity index (χ0v) is 18.2. The fourth-order valence-electron chi connectivity index (χ4n) is 4.58. The molecule has 0 aromatic heterocycles. The summed E-state index contributed by atoms with van der Waals surface area (Å²) in [6, 6.07) is 17.7. The van der Waals surface area contributed by atoms with Gasteiger partial charge in [-0.3, -0.25) is 0 Å². The van der Waals surface area contributed by atoms with Gasteiger partial charge in [0.1, 0.15) is 6.67 Å². The Kier molecular flexibility index (Phi) is 4.71. The molecular formula is C24H26N2O3S. The normalized spacial score (nSPS) is 18.9. The van der Waals surface area contributed by atoms with Crippen LogP contribution in [0.25, 0.3) is 10.8 Å². The third-order valence-corrected chi connectivity index (χ3v) is 8.00. The average Bonchev–Trinajstić information content (AvgIpc) is 3.35. The van der Waals surface area contributed by atoms with Crippen molar-refractivity contribution in [3.05, 3.63) is 65.7 Å². The third kappa shape index (κ3) is 3.24. The van der Waals surface area contributed by atoms with Crippen LogP contribution in [0.4, 0.5) is 11.4 Å². The van der Waals surface area contributed by atoms with Gasteiger partial charge in [0.15, 0.2) is 0 Å². The summed E-state index contributed by atoms with van der Waals surface area (Å²) in [6.45, 7) is 5.63. The summed E-state index contributed by atoms with van der Waals surface area (Å²) in [5.74, 6) is 0. The lowest BCUT2D eigenvalue weighted by Crippen LogP contribution is -2.39. The maximum atomic E-state index is 13.7. The third-order valence-electron chi connectivity index (χ3n) is 6.10. The number of anilines is 2. The summed E-state index contributed by atoms with van der Waals surface area (Å²) in [7, 11) is -3.68. The molecule has 30 heavy (non-hydrogen) atoms. The molecule has 5 nitrogen and oxygen atoms in total. The van der Waals surface area contributed by atoms with E-state index in [1.807, 2.05) is 50.2 Å². The van der Waals surface area contributed by atoms with Crippen LogP contribution in [0.2, 0.25) is 0 Å². The molecule has 1 atom stereocenters. The van der Waals surface area contributed by atoms with Crippen molar-refractivity contribution in [2.45, 2.75) is 37.7 Å². The zero-order chi connectivity index (χ0) is 20.9. The number of benzene rings is 3. The van der Waals surface area contributed by atoms with Crippen molar-refractivity contribution in [3.8, 4) is 0 Å². The SMILES string of the molecule is Cc1ccc(S(=O)(=O)N2CN(CC3CCCO3)c3cc4ccccc4cc32)c(C)c1. The minimum Gasteiger partial charge on any atom is -0.376 e. The number of ether oxygens (including phenoxy) is 1. The van der Waals surface area contributed by atoms with Gasteiger partial charge >= 0.3 is 0 Å². The first kappa shape index (κ1) is 19.4. The summed E-state index contributed by atoms with van der Waals surface area (Å²) in [4.78, 5) is 2.52. The molecule has 2 aliphatic rings. The molecule has 1 fully saturated rings. The van der Waals surface area contributed by atoms with Crippen molar-refractivity contribution in [2.24, 2.45) is 0 Å². The molecule has 0 bridgehead atoms. The number of sulfonamides is 1. The van der Waals surface area contributed by atoms with Gasteiger partial charge in [-0.1, -0.05) is 42.0 Å². The second-order valence-corrected chi connectivity index (χ2v) is 10.1. The van der Waals surface area contributed by atoms with E-state index in [1.165, 1.54) is 0 Å². The van der Waals surface area contributed by atoms with E-state index in [-0.39, 0.29) is 6.10 Å². The van der Waals surface area contributed by atoms with E-state index in [9.17, 15) is 8.42 Å².